The summed E-state index contributed by atoms with van der Waals surface area (Å²) in [5.41, 5.74) is 1.82. The van der Waals surface area contributed by atoms with E-state index in [-0.39, 0.29) is 6.10 Å². The molecule has 3 rings (SSSR count). The van der Waals surface area contributed by atoms with E-state index in [9.17, 15) is 0 Å². The Morgan fingerprint density at radius 2 is 1.88 bits per heavy atom. The molecule has 0 radical (unpaired) electrons. The van der Waals surface area contributed by atoms with Crippen LogP contribution in [0.4, 0.5) is 0 Å². The second-order valence-electron chi connectivity index (χ2n) is 5.58. The van der Waals surface area contributed by atoms with Crippen molar-refractivity contribution in [2.24, 2.45) is 0 Å². The van der Waals surface area contributed by atoms with E-state index in [4.69, 9.17) is 25.8 Å². The summed E-state index contributed by atoms with van der Waals surface area (Å²) in [6.07, 6.45) is 1.23. The van der Waals surface area contributed by atoms with Crippen LogP contribution in [0, 0.1) is 0 Å². The summed E-state index contributed by atoms with van der Waals surface area (Å²) in [5.74, 6) is 1.11. The van der Waals surface area contributed by atoms with Gasteiger partial charge in [0.2, 0.25) is 0 Å². The van der Waals surface area contributed by atoms with E-state index >= 15 is 0 Å². The van der Waals surface area contributed by atoms with Crippen LogP contribution in [-0.4, -0.2) is 29.8 Å². The fourth-order valence-corrected chi connectivity index (χ4v) is 2.72. The third kappa shape index (κ3) is 4.18. The Morgan fingerprint density at radius 3 is 2.64 bits per heavy atom. The lowest BCUT2D eigenvalue weighted by atomic mass is 10.2. The van der Waals surface area contributed by atoms with Gasteiger partial charge in [-0.25, -0.2) is 9.97 Å². The lowest BCUT2D eigenvalue weighted by Crippen LogP contribution is -2.19. The summed E-state index contributed by atoms with van der Waals surface area (Å²) >= 11 is 6.24. The number of aromatic nitrogens is 2. The second-order valence-corrected chi connectivity index (χ2v) is 5.94. The van der Waals surface area contributed by atoms with E-state index in [0.29, 0.717) is 40.8 Å². The zero-order valence-electron chi connectivity index (χ0n) is 14.1. The van der Waals surface area contributed by atoms with Crippen LogP contribution in [-0.2, 0) is 11.3 Å². The molecule has 0 saturated carbocycles. The van der Waals surface area contributed by atoms with E-state index in [1.807, 2.05) is 43.3 Å². The van der Waals surface area contributed by atoms with Gasteiger partial charge in [-0.15, -0.1) is 0 Å². The number of hydrogen-bond donors (Lipinski definition) is 0. The minimum absolute atomic E-state index is 0.195. The maximum Gasteiger partial charge on any atom is 0.174 e. The predicted molar refractivity (Wildman–Crippen MR) is 97.3 cm³/mol. The van der Waals surface area contributed by atoms with Crippen LogP contribution >= 0.6 is 11.6 Å². The third-order valence-electron chi connectivity index (χ3n) is 3.68. The molecule has 0 N–H and O–H groups in total. The first kappa shape index (κ1) is 17.5. The molecular formula is C19H19ClN2O3. The van der Waals surface area contributed by atoms with Crippen LogP contribution in [0.2, 0.25) is 5.15 Å². The topological polar surface area (TPSA) is 53.5 Å². The highest BCUT2D eigenvalue weighted by molar-refractivity contribution is 6.34. The maximum atomic E-state index is 6.24. The Kier molecular flexibility index (Phi) is 5.68. The molecule has 0 fully saturated rings. The summed E-state index contributed by atoms with van der Waals surface area (Å²) in [6, 6.07) is 13.6. The number of hydrogen-bond acceptors (Lipinski definition) is 5. The van der Waals surface area contributed by atoms with Gasteiger partial charge in [-0.1, -0.05) is 41.9 Å². The highest BCUT2D eigenvalue weighted by Gasteiger charge is 2.17. The van der Waals surface area contributed by atoms with E-state index in [2.05, 4.69) is 9.97 Å². The van der Waals surface area contributed by atoms with E-state index < -0.39 is 0 Å². The molecule has 2 aromatic carbocycles. The standard InChI is InChI=1S/C19H19ClN2O3/c1-13(10-24-11-14-6-4-3-5-7-14)25-18-16(23-2)9-8-15-17(18)19(20)22-12-21-15/h3-9,12-13H,10-11H2,1-2H3. The van der Waals surface area contributed by atoms with E-state index in [0.717, 1.165) is 5.56 Å². The molecule has 5 nitrogen and oxygen atoms in total. The van der Waals surface area contributed by atoms with Gasteiger partial charge in [0.25, 0.3) is 0 Å². The lowest BCUT2D eigenvalue weighted by Gasteiger charge is -2.19. The van der Waals surface area contributed by atoms with Gasteiger partial charge in [0.05, 0.1) is 31.2 Å². The summed E-state index contributed by atoms with van der Waals surface area (Å²) < 4.78 is 17.2. The van der Waals surface area contributed by atoms with Gasteiger partial charge in [0.1, 0.15) is 17.6 Å². The van der Waals surface area contributed by atoms with Crippen LogP contribution in [0.5, 0.6) is 11.5 Å². The molecule has 0 aliphatic rings. The molecule has 1 heterocycles. The van der Waals surface area contributed by atoms with Crippen LogP contribution in [0.1, 0.15) is 12.5 Å². The van der Waals surface area contributed by atoms with Gasteiger partial charge < -0.3 is 14.2 Å². The minimum atomic E-state index is -0.195. The Hall–Kier alpha value is -2.37. The fraction of sp³-hybridized carbons (Fsp3) is 0.263. The van der Waals surface area contributed by atoms with Crippen molar-refractivity contribution in [2.75, 3.05) is 13.7 Å². The number of nitrogens with zero attached hydrogens (tertiary/aromatic N) is 2. The molecule has 0 spiro atoms. The number of methoxy groups -OCH3 is 1. The number of fused-ring (bicyclic) bond motifs is 1. The summed E-state index contributed by atoms with van der Waals surface area (Å²) in [6.45, 7) is 2.89. The molecule has 0 bridgehead atoms. The molecule has 0 amide bonds. The van der Waals surface area contributed by atoms with Crippen molar-refractivity contribution in [3.63, 3.8) is 0 Å². The molecule has 1 atom stereocenters. The SMILES string of the molecule is COc1ccc2ncnc(Cl)c2c1OC(C)COCc1ccccc1. The van der Waals surface area contributed by atoms with Crippen LogP contribution in [0.25, 0.3) is 10.9 Å². The Labute approximate surface area is 151 Å². The van der Waals surface area contributed by atoms with E-state index in [1.165, 1.54) is 6.33 Å². The van der Waals surface area contributed by atoms with Gasteiger partial charge in [0, 0.05) is 0 Å². The number of rotatable bonds is 7. The maximum absolute atomic E-state index is 6.24. The van der Waals surface area contributed by atoms with Gasteiger partial charge in [0.15, 0.2) is 11.5 Å². The first-order valence-electron chi connectivity index (χ1n) is 7.94. The van der Waals surface area contributed by atoms with Crippen LogP contribution in [0.3, 0.4) is 0 Å². The fourth-order valence-electron chi connectivity index (χ4n) is 2.50. The van der Waals surface area contributed by atoms with Crippen molar-refractivity contribution in [1.82, 2.24) is 9.97 Å². The largest absolute Gasteiger partial charge is 0.493 e. The number of ether oxygens (including phenoxy) is 3. The van der Waals surface area contributed by atoms with Crippen molar-refractivity contribution in [3.05, 3.63) is 59.5 Å². The first-order chi connectivity index (χ1) is 12.2. The quantitative estimate of drug-likeness (QED) is 0.590. The molecular weight excluding hydrogens is 340 g/mol. The summed E-state index contributed by atoms with van der Waals surface area (Å²) in [4.78, 5) is 8.26. The van der Waals surface area contributed by atoms with E-state index in [1.54, 1.807) is 13.2 Å². The Balaban J connectivity index is 1.73. The van der Waals surface area contributed by atoms with Gasteiger partial charge >= 0.3 is 0 Å². The first-order valence-corrected chi connectivity index (χ1v) is 8.32. The van der Waals surface area contributed by atoms with Crippen molar-refractivity contribution >= 4 is 22.5 Å². The third-order valence-corrected chi connectivity index (χ3v) is 3.96. The number of benzene rings is 2. The average molecular weight is 359 g/mol. The highest BCUT2D eigenvalue weighted by Crippen LogP contribution is 2.38. The van der Waals surface area contributed by atoms with Crippen LogP contribution < -0.4 is 9.47 Å². The normalized spacial score (nSPS) is 12.1. The molecule has 0 saturated heterocycles. The molecule has 6 heteroatoms. The predicted octanol–water partition coefficient (Wildman–Crippen LogP) is 4.28. The highest BCUT2D eigenvalue weighted by atomic mass is 35.5. The van der Waals surface area contributed by atoms with Crippen molar-refractivity contribution in [1.29, 1.82) is 0 Å². The zero-order valence-corrected chi connectivity index (χ0v) is 14.9. The summed E-state index contributed by atoms with van der Waals surface area (Å²) in [7, 11) is 1.59. The van der Waals surface area contributed by atoms with Crippen LogP contribution in [0.15, 0.2) is 48.8 Å². The molecule has 130 valence electrons. The molecule has 0 aliphatic carbocycles. The Morgan fingerprint density at radius 1 is 1.08 bits per heavy atom. The van der Waals surface area contributed by atoms with Gasteiger partial charge in [-0.3, -0.25) is 0 Å². The smallest absolute Gasteiger partial charge is 0.174 e. The Bertz CT molecular complexity index is 843. The molecule has 0 aliphatic heterocycles. The molecule has 3 aromatic rings. The molecule has 1 unspecified atom stereocenters. The lowest BCUT2D eigenvalue weighted by molar-refractivity contribution is 0.0488. The zero-order chi connectivity index (χ0) is 17.6. The summed E-state index contributed by atoms with van der Waals surface area (Å²) in [5, 5.41) is 0.967. The second kappa shape index (κ2) is 8.14. The monoisotopic (exact) mass is 358 g/mol. The van der Waals surface area contributed by atoms with Gasteiger partial charge in [-0.05, 0) is 24.6 Å². The average Bonchev–Trinajstić information content (AvgIpc) is 2.63. The minimum Gasteiger partial charge on any atom is -0.493 e. The van der Waals surface area contributed by atoms with Crippen molar-refractivity contribution in [2.45, 2.75) is 19.6 Å². The molecule has 1 aromatic heterocycles. The molecule has 25 heavy (non-hydrogen) atoms. The van der Waals surface area contributed by atoms with Gasteiger partial charge in [-0.2, -0.15) is 0 Å². The number of halogens is 1. The van der Waals surface area contributed by atoms with Crippen molar-refractivity contribution in [3.8, 4) is 11.5 Å². The van der Waals surface area contributed by atoms with Crippen molar-refractivity contribution < 1.29 is 14.2 Å².